The molecule has 0 bridgehead atoms. The largest absolute Gasteiger partial charge is 0.493 e. The van der Waals surface area contributed by atoms with Crippen LogP contribution in [0.3, 0.4) is 0 Å². The van der Waals surface area contributed by atoms with E-state index in [2.05, 4.69) is 21.2 Å². The maximum absolute atomic E-state index is 12.9. The van der Waals surface area contributed by atoms with Crippen molar-refractivity contribution in [1.82, 2.24) is 4.90 Å². The Kier molecular flexibility index (Phi) is 8.44. The SMILES string of the molecule is COc1cc(/C=C2/SC(=O)N(CC(=O)Nc3ccccc3Br)C2=O)c([N+](=O)[O-])cc1OCc1ccccc1. The lowest BCUT2D eigenvalue weighted by molar-refractivity contribution is -0.385. The van der Waals surface area contributed by atoms with Crippen molar-refractivity contribution < 1.29 is 28.8 Å². The minimum atomic E-state index is -0.736. The molecule has 1 heterocycles. The van der Waals surface area contributed by atoms with Crippen molar-refractivity contribution in [1.29, 1.82) is 0 Å². The Morgan fingerprint density at radius 3 is 2.50 bits per heavy atom. The Labute approximate surface area is 229 Å². The molecule has 1 saturated heterocycles. The zero-order chi connectivity index (χ0) is 27.2. The van der Waals surface area contributed by atoms with Gasteiger partial charge in [-0.25, -0.2) is 0 Å². The number of rotatable bonds is 9. The lowest BCUT2D eigenvalue weighted by atomic mass is 10.1. The van der Waals surface area contributed by atoms with Gasteiger partial charge in [-0.2, -0.15) is 0 Å². The number of para-hydroxylation sites is 1. The van der Waals surface area contributed by atoms with E-state index in [0.29, 0.717) is 21.9 Å². The van der Waals surface area contributed by atoms with E-state index in [4.69, 9.17) is 9.47 Å². The molecule has 1 aliphatic rings. The highest BCUT2D eigenvalue weighted by atomic mass is 79.9. The van der Waals surface area contributed by atoms with Crippen molar-refractivity contribution >= 4 is 62.2 Å². The maximum atomic E-state index is 12.9. The van der Waals surface area contributed by atoms with Crippen LogP contribution in [0, 0.1) is 10.1 Å². The number of nitro groups is 1. The van der Waals surface area contributed by atoms with Gasteiger partial charge in [0.15, 0.2) is 11.5 Å². The van der Waals surface area contributed by atoms with Gasteiger partial charge in [-0.05, 0) is 57.5 Å². The zero-order valence-corrected chi connectivity index (χ0v) is 22.3. The second-order valence-electron chi connectivity index (χ2n) is 7.89. The van der Waals surface area contributed by atoms with E-state index >= 15 is 0 Å². The molecular formula is C26H20BrN3O7S. The van der Waals surface area contributed by atoms with E-state index in [9.17, 15) is 24.5 Å². The Morgan fingerprint density at radius 1 is 1.11 bits per heavy atom. The lowest BCUT2D eigenvalue weighted by Crippen LogP contribution is -2.36. The summed E-state index contributed by atoms with van der Waals surface area (Å²) in [7, 11) is 1.39. The predicted octanol–water partition coefficient (Wildman–Crippen LogP) is 5.62. The van der Waals surface area contributed by atoms with Gasteiger partial charge < -0.3 is 14.8 Å². The fraction of sp³-hybridized carbons (Fsp3) is 0.115. The number of nitro benzene ring substituents is 1. The number of thioether (sulfide) groups is 1. The molecule has 0 spiro atoms. The van der Waals surface area contributed by atoms with Crippen LogP contribution in [-0.2, 0) is 16.2 Å². The molecule has 38 heavy (non-hydrogen) atoms. The molecule has 1 fully saturated rings. The van der Waals surface area contributed by atoms with Crippen LogP contribution in [0.1, 0.15) is 11.1 Å². The van der Waals surface area contributed by atoms with Crippen molar-refractivity contribution in [2.24, 2.45) is 0 Å². The van der Waals surface area contributed by atoms with Gasteiger partial charge in [0.1, 0.15) is 13.2 Å². The summed E-state index contributed by atoms with van der Waals surface area (Å²) in [6.45, 7) is -0.352. The van der Waals surface area contributed by atoms with Crippen molar-refractivity contribution in [3.05, 3.63) is 97.3 Å². The Balaban J connectivity index is 1.55. The number of hydrogen-bond donors (Lipinski definition) is 1. The zero-order valence-electron chi connectivity index (χ0n) is 19.9. The van der Waals surface area contributed by atoms with E-state index in [1.54, 1.807) is 24.3 Å². The van der Waals surface area contributed by atoms with E-state index in [1.165, 1.54) is 25.3 Å². The number of carbonyl (C=O) groups excluding carboxylic acids is 3. The predicted molar refractivity (Wildman–Crippen MR) is 146 cm³/mol. The third-order valence-electron chi connectivity index (χ3n) is 5.36. The molecule has 1 N–H and O–H groups in total. The van der Waals surface area contributed by atoms with Gasteiger partial charge in [-0.15, -0.1) is 0 Å². The highest BCUT2D eigenvalue weighted by Crippen LogP contribution is 2.39. The summed E-state index contributed by atoms with van der Waals surface area (Å²) in [6.07, 6.45) is 1.23. The van der Waals surface area contributed by atoms with Gasteiger partial charge in [-0.1, -0.05) is 42.5 Å². The van der Waals surface area contributed by atoms with E-state index < -0.39 is 28.5 Å². The summed E-state index contributed by atoms with van der Waals surface area (Å²) < 4.78 is 11.8. The highest BCUT2D eigenvalue weighted by molar-refractivity contribution is 9.10. The smallest absolute Gasteiger partial charge is 0.294 e. The number of imide groups is 1. The molecule has 0 unspecified atom stereocenters. The first-order valence-electron chi connectivity index (χ1n) is 11.1. The number of methoxy groups -OCH3 is 1. The van der Waals surface area contributed by atoms with Crippen LogP contribution < -0.4 is 14.8 Å². The van der Waals surface area contributed by atoms with Crippen molar-refractivity contribution in [2.75, 3.05) is 19.0 Å². The minimum absolute atomic E-state index is 0.0436. The number of halogens is 1. The van der Waals surface area contributed by atoms with Gasteiger partial charge in [0, 0.05) is 4.47 Å². The first kappa shape index (κ1) is 26.9. The summed E-state index contributed by atoms with van der Waals surface area (Å²) in [5.41, 5.74) is 1.05. The van der Waals surface area contributed by atoms with Crippen LogP contribution in [0.5, 0.6) is 11.5 Å². The summed E-state index contributed by atoms with van der Waals surface area (Å²) in [4.78, 5) is 49.9. The van der Waals surface area contributed by atoms with Crippen molar-refractivity contribution in [3.63, 3.8) is 0 Å². The molecule has 1 aliphatic heterocycles. The van der Waals surface area contributed by atoms with E-state index in [-0.39, 0.29) is 34.3 Å². The van der Waals surface area contributed by atoms with Crippen molar-refractivity contribution in [3.8, 4) is 11.5 Å². The summed E-state index contributed by atoms with van der Waals surface area (Å²) in [6, 6.07) is 18.7. The third-order valence-corrected chi connectivity index (χ3v) is 6.96. The molecule has 0 aliphatic carbocycles. The second-order valence-corrected chi connectivity index (χ2v) is 9.74. The average Bonchev–Trinajstić information content (AvgIpc) is 3.16. The number of anilines is 1. The Morgan fingerprint density at radius 2 is 1.82 bits per heavy atom. The van der Waals surface area contributed by atoms with Crippen LogP contribution in [-0.4, -0.2) is 40.5 Å². The molecule has 0 aromatic heterocycles. The van der Waals surface area contributed by atoms with Crippen LogP contribution in [0.4, 0.5) is 16.2 Å². The number of ether oxygens (including phenoxy) is 2. The van der Waals surface area contributed by atoms with Gasteiger partial charge in [0.2, 0.25) is 5.91 Å². The number of nitrogens with one attached hydrogen (secondary N) is 1. The fourth-order valence-electron chi connectivity index (χ4n) is 3.52. The number of hydrogen-bond acceptors (Lipinski definition) is 8. The molecule has 3 aromatic carbocycles. The van der Waals surface area contributed by atoms with Gasteiger partial charge in [-0.3, -0.25) is 29.4 Å². The van der Waals surface area contributed by atoms with Gasteiger partial charge >= 0.3 is 0 Å². The quantitative estimate of drug-likeness (QED) is 0.191. The third kappa shape index (κ3) is 6.21. The molecular weight excluding hydrogens is 578 g/mol. The van der Waals surface area contributed by atoms with E-state index in [1.807, 2.05) is 30.3 Å². The topological polar surface area (TPSA) is 128 Å². The van der Waals surface area contributed by atoms with Gasteiger partial charge in [0.25, 0.3) is 16.8 Å². The fourth-order valence-corrected chi connectivity index (χ4v) is 4.73. The molecule has 0 radical (unpaired) electrons. The normalized spacial score (nSPS) is 14.1. The average molecular weight is 598 g/mol. The van der Waals surface area contributed by atoms with E-state index in [0.717, 1.165) is 10.5 Å². The summed E-state index contributed by atoms with van der Waals surface area (Å²) >= 11 is 3.90. The molecule has 4 rings (SSSR count). The van der Waals surface area contributed by atoms with Crippen LogP contribution in [0.2, 0.25) is 0 Å². The molecule has 194 valence electrons. The number of carbonyl (C=O) groups is 3. The molecule has 3 aromatic rings. The first-order valence-corrected chi connectivity index (χ1v) is 12.7. The van der Waals surface area contributed by atoms with Crippen molar-refractivity contribution in [2.45, 2.75) is 6.61 Å². The summed E-state index contributed by atoms with van der Waals surface area (Å²) in [5, 5.41) is 13.8. The maximum Gasteiger partial charge on any atom is 0.294 e. The second kappa shape index (κ2) is 11.9. The molecule has 3 amide bonds. The number of amides is 3. The molecule has 0 saturated carbocycles. The minimum Gasteiger partial charge on any atom is -0.493 e. The lowest BCUT2D eigenvalue weighted by Gasteiger charge is -2.13. The standard InChI is InChI=1S/C26H20BrN3O7S/c1-36-21-11-17(20(30(34)35)13-22(21)37-15-16-7-3-2-4-8-16)12-23-25(32)29(26(33)38-23)14-24(31)28-19-10-6-5-9-18(19)27/h2-13H,14-15H2,1H3,(H,28,31)/b23-12+. The monoisotopic (exact) mass is 597 g/mol. The molecule has 0 atom stereocenters. The number of benzene rings is 3. The molecule has 12 heteroatoms. The van der Waals surface area contributed by atoms with Crippen LogP contribution in [0.15, 0.2) is 76.1 Å². The highest BCUT2D eigenvalue weighted by Gasteiger charge is 2.37. The molecule has 10 nitrogen and oxygen atoms in total. The Hall–Kier alpha value is -4.16. The van der Waals surface area contributed by atoms with Crippen LogP contribution >= 0.6 is 27.7 Å². The first-order chi connectivity index (χ1) is 18.3. The number of nitrogens with zero attached hydrogens (tertiary/aromatic N) is 2. The van der Waals surface area contributed by atoms with Gasteiger partial charge in [0.05, 0.1) is 34.3 Å². The Bertz CT molecular complexity index is 1450. The summed E-state index contributed by atoms with van der Waals surface area (Å²) in [5.74, 6) is -0.949. The van der Waals surface area contributed by atoms with Crippen LogP contribution in [0.25, 0.3) is 6.08 Å².